The Hall–Kier alpha value is -1.64. The minimum Gasteiger partial charge on any atom is -0.339 e. The molecule has 0 bridgehead atoms. The van der Waals surface area contributed by atoms with Crippen LogP contribution in [0.25, 0.3) is 0 Å². The van der Waals surface area contributed by atoms with Gasteiger partial charge in [0.25, 0.3) is 0 Å². The summed E-state index contributed by atoms with van der Waals surface area (Å²) < 4.78 is 0. The summed E-state index contributed by atoms with van der Waals surface area (Å²) in [5.74, 6) is 0.616. The normalized spacial score (nSPS) is 17.1. The molecule has 2 rings (SSSR count). The number of aromatic nitrogens is 1. The predicted molar refractivity (Wildman–Crippen MR) is 63.0 cm³/mol. The molecule has 0 atom stereocenters. The first-order valence-electron chi connectivity index (χ1n) is 5.62. The van der Waals surface area contributed by atoms with Gasteiger partial charge in [0.15, 0.2) is 0 Å². The molecule has 0 aliphatic carbocycles. The van der Waals surface area contributed by atoms with Gasteiger partial charge in [-0.15, -0.1) is 0 Å². The Morgan fingerprint density at radius 1 is 1.38 bits per heavy atom. The molecular formula is C13H16N2O. The summed E-state index contributed by atoms with van der Waals surface area (Å²) in [7, 11) is 0. The summed E-state index contributed by atoms with van der Waals surface area (Å²) >= 11 is 0. The van der Waals surface area contributed by atoms with Gasteiger partial charge in [0.1, 0.15) is 0 Å². The number of pyridine rings is 1. The molecule has 1 saturated heterocycles. The predicted octanol–water partition coefficient (Wildman–Crippen LogP) is 1.97. The van der Waals surface area contributed by atoms with Crippen LogP contribution in [0.15, 0.2) is 37.2 Å². The zero-order chi connectivity index (χ0) is 11.4. The molecule has 16 heavy (non-hydrogen) atoms. The van der Waals surface area contributed by atoms with Crippen molar-refractivity contribution in [2.24, 2.45) is 0 Å². The molecule has 1 aromatic rings. The average Bonchev–Trinajstić information content (AvgIpc) is 2.39. The summed E-state index contributed by atoms with van der Waals surface area (Å²) in [6.07, 6.45) is 7.12. The summed E-state index contributed by atoms with van der Waals surface area (Å²) in [6.45, 7) is 5.18. The average molecular weight is 216 g/mol. The van der Waals surface area contributed by atoms with Crippen molar-refractivity contribution in [3.05, 3.63) is 42.7 Å². The Kier molecular flexibility index (Phi) is 3.34. The minimum absolute atomic E-state index is 0.0492. The topological polar surface area (TPSA) is 33.2 Å². The maximum atomic E-state index is 11.4. The lowest BCUT2D eigenvalue weighted by Gasteiger charge is -2.31. The van der Waals surface area contributed by atoms with E-state index in [1.54, 1.807) is 0 Å². The van der Waals surface area contributed by atoms with Crippen molar-refractivity contribution in [2.75, 3.05) is 13.1 Å². The van der Waals surface area contributed by atoms with Crippen LogP contribution >= 0.6 is 0 Å². The Morgan fingerprint density at radius 3 is 2.56 bits per heavy atom. The van der Waals surface area contributed by atoms with E-state index in [2.05, 4.69) is 23.7 Å². The molecule has 1 aromatic heterocycles. The van der Waals surface area contributed by atoms with Crippen molar-refractivity contribution in [3.8, 4) is 0 Å². The van der Waals surface area contributed by atoms with Gasteiger partial charge in [-0.3, -0.25) is 9.78 Å². The van der Waals surface area contributed by atoms with E-state index in [1.807, 2.05) is 17.3 Å². The van der Waals surface area contributed by atoms with Gasteiger partial charge in [-0.05, 0) is 42.5 Å². The van der Waals surface area contributed by atoms with Gasteiger partial charge in [0.05, 0.1) is 0 Å². The number of carbonyl (C=O) groups excluding carboxylic acids is 1. The molecule has 84 valence electrons. The summed E-state index contributed by atoms with van der Waals surface area (Å²) in [5, 5.41) is 0. The Balaban J connectivity index is 1.95. The van der Waals surface area contributed by atoms with Crippen molar-refractivity contribution in [1.29, 1.82) is 0 Å². The lowest BCUT2D eigenvalue weighted by molar-refractivity contribution is -0.127. The van der Waals surface area contributed by atoms with E-state index in [0.29, 0.717) is 5.92 Å². The first-order valence-corrected chi connectivity index (χ1v) is 5.62. The maximum Gasteiger partial charge on any atom is 0.245 e. The highest BCUT2D eigenvalue weighted by Gasteiger charge is 2.22. The van der Waals surface area contributed by atoms with E-state index in [1.165, 1.54) is 11.6 Å². The number of hydrogen-bond acceptors (Lipinski definition) is 2. The number of piperidine rings is 1. The van der Waals surface area contributed by atoms with Crippen LogP contribution in [0, 0.1) is 0 Å². The fraction of sp³-hybridized carbons (Fsp3) is 0.385. The van der Waals surface area contributed by atoms with E-state index in [4.69, 9.17) is 0 Å². The number of likely N-dealkylation sites (tertiary alicyclic amines) is 1. The SMILES string of the molecule is C=CC(=O)N1CCC(c2ccncc2)CC1. The van der Waals surface area contributed by atoms with E-state index >= 15 is 0 Å². The van der Waals surface area contributed by atoms with Gasteiger partial charge in [-0.25, -0.2) is 0 Å². The number of rotatable bonds is 2. The molecule has 0 unspecified atom stereocenters. The fourth-order valence-corrected chi connectivity index (χ4v) is 2.20. The highest BCUT2D eigenvalue weighted by molar-refractivity contribution is 5.87. The molecule has 1 amide bonds. The molecule has 2 heterocycles. The van der Waals surface area contributed by atoms with Gasteiger partial charge in [0.2, 0.25) is 5.91 Å². The molecule has 0 aromatic carbocycles. The monoisotopic (exact) mass is 216 g/mol. The van der Waals surface area contributed by atoms with Crippen LogP contribution in [0.2, 0.25) is 0 Å². The van der Waals surface area contributed by atoms with Gasteiger partial charge < -0.3 is 4.90 Å². The molecule has 3 heteroatoms. The van der Waals surface area contributed by atoms with E-state index < -0.39 is 0 Å². The van der Waals surface area contributed by atoms with Gasteiger partial charge in [-0.1, -0.05) is 6.58 Å². The van der Waals surface area contributed by atoms with E-state index in [9.17, 15) is 4.79 Å². The fourth-order valence-electron chi connectivity index (χ4n) is 2.20. The zero-order valence-corrected chi connectivity index (χ0v) is 9.30. The molecular weight excluding hydrogens is 200 g/mol. The lowest BCUT2D eigenvalue weighted by atomic mass is 9.90. The quantitative estimate of drug-likeness (QED) is 0.708. The summed E-state index contributed by atoms with van der Waals surface area (Å²) in [6, 6.07) is 4.13. The third-order valence-electron chi connectivity index (χ3n) is 3.16. The van der Waals surface area contributed by atoms with Gasteiger partial charge >= 0.3 is 0 Å². The molecule has 0 saturated carbocycles. The van der Waals surface area contributed by atoms with Crippen LogP contribution in [-0.2, 0) is 4.79 Å². The van der Waals surface area contributed by atoms with Gasteiger partial charge in [-0.2, -0.15) is 0 Å². The van der Waals surface area contributed by atoms with Crippen molar-refractivity contribution >= 4 is 5.91 Å². The van der Waals surface area contributed by atoms with Crippen LogP contribution in [0.5, 0.6) is 0 Å². The first kappa shape index (κ1) is 10.9. The Labute approximate surface area is 95.8 Å². The van der Waals surface area contributed by atoms with Crippen molar-refractivity contribution < 1.29 is 4.79 Å². The molecule has 3 nitrogen and oxygen atoms in total. The molecule has 0 radical (unpaired) electrons. The van der Waals surface area contributed by atoms with Crippen molar-refractivity contribution in [1.82, 2.24) is 9.88 Å². The zero-order valence-electron chi connectivity index (χ0n) is 9.30. The molecule has 0 spiro atoms. The molecule has 1 fully saturated rings. The second kappa shape index (κ2) is 4.92. The third kappa shape index (κ3) is 2.30. The van der Waals surface area contributed by atoms with Crippen molar-refractivity contribution in [3.63, 3.8) is 0 Å². The lowest BCUT2D eigenvalue weighted by Crippen LogP contribution is -2.36. The van der Waals surface area contributed by atoms with E-state index in [-0.39, 0.29) is 5.91 Å². The summed E-state index contributed by atoms with van der Waals surface area (Å²) in [5.41, 5.74) is 1.33. The van der Waals surface area contributed by atoms with Crippen LogP contribution < -0.4 is 0 Å². The largest absolute Gasteiger partial charge is 0.339 e. The number of carbonyl (C=O) groups is 1. The smallest absolute Gasteiger partial charge is 0.245 e. The van der Waals surface area contributed by atoms with Crippen LogP contribution in [0.1, 0.15) is 24.3 Å². The summed E-state index contributed by atoms with van der Waals surface area (Å²) in [4.78, 5) is 17.3. The first-order chi connectivity index (χ1) is 7.81. The molecule has 1 aliphatic rings. The van der Waals surface area contributed by atoms with Crippen LogP contribution in [0.3, 0.4) is 0 Å². The second-order valence-electron chi connectivity index (χ2n) is 4.08. The van der Waals surface area contributed by atoms with E-state index in [0.717, 1.165) is 25.9 Å². The number of hydrogen-bond donors (Lipinski definition) is 0. The number of nitrogens with zero attached hydrogens (tertiary/aromatic N) is 2. The second-order valence-corrected chi connectivity index (χ2v) is 4.08. The van der Waals surface area contributed by atoms with Crippen LogP contribution in [0.4, 0.5) is 0 Å². The Morgan fingerprint density at radius 2 is 2.00 bits per heavy atom. The van der Waals surface area contributed by atoms with Crippen LogP contribution in [-0.4, -0.2) is 28.9 Å². The highest BCUT2D eigenvalue weighted by Crippen LogP contribution is 2.27. The highest BCUT2D eigenvalue weighted by atomic mass is 16.2. The Bertz CT molecular complexity index is 367. The van der Waals surface area contributed by atoms with Crippen molar-refractivity contribution in [2.45, 2.75) is 18.8 Å². The maximum absolute atomic E-state index is 11.4. The minimum atomic E-state index is 0.0492. The number of amides is 1. The molecule has 1 aliphatic heterocycles. The standard InChI is InChI=1S/C13H16N2O/c1-2-13(16)15-9-5-12(6-10-15)11-3-7-14-8-4-11/h2-4,7-8,12H,1,5-6,9-10H2. The van der Waals surface area contributed by atoms with Gasteiger partial charge in [0, 0.05) is 25.5 Å². The third-order valence-corrected chi connectivity index (χ3v) is 3.16. The molecule has 0 N–H and O–H groups in total.